The standard InChI is InChI=1S/C16H20N4O2/c1-10-14-6-13(9-18-15(14)22-19-10)16(21)20-4-2-11-7-17-8-12(11)3-5-20/h6,9,11-12,17H,2-5,7-8H2,1H3/t11-,12+. The molecular formula is C16H20N4O2. The SMILES string of the molecule is Cc1noc2ncc(C(=O)N3CC[C@@H]4CNC[C@@H]4CC3)cc12. The first-order valence-corrected chi connectivity index (χ1v) is 7.94. The summed E-state index contributed by atoms with van der Waals surface area (Å²) >= 11 is 0. The summed E-state index contributed by atoms with van der Waals surface area (Å²) in [4.78, 5) is 19.0. The molecule has 2 aromatic rings. The van der Waals surface area contributed by atoms with E-state index < -0.39 is 0 Å². The maximum atomic E-state index is 12.8. The van der Waals surface area contributed by atoms with Crippen LogP contribution in [0.25, 0.3) is 11.1 Å². The first-order valence-electron chi connectivity index (χ1n) is 7.94. The van der Waals surface area contributed by atoms with Gasteiger partial charge in [-0.1, -0.05) is 5.16 Å². The second kappa shape index (κ2) is 5.35. The molecule has 1 amide bonds. The van der Waals surface area contributed by atoms with Gasteiger partial charge in [0.15, 0.2) is 0 Å². The van der Waals surface area contributed by atoms with Gasteiger partial charge in [0, 0.05) is 19.3 Å². The molecule has 22 heavy (non-hydrogen) atoms. The molecular weight excluding hydrogens is 280 g/mol. The Bertz CT molecular complexity index is 697. The number of nitrogens with one attached hydrogen (secondary N) is 1. The van der Waals surface area contributed by atoms with E-state index in [0.29, 0.717) is 11.3 Å². The number of hydrogen-bond acceptors (Lipinski definition) is 5. The van der Waals surface area contributed by atoms with Crippen molar-refractivity contribution in [2.75, 3.05) is 26.2 Å². The number of aromatic nitrogens is 2. The van der Waals surface area contributed by atoms with Crippen LogP contribution < -0.4 is 5.32 Å². The molecule has 2 atom stereocenters. The predicted octanol–water partition coefficient (Wildman–Crippen LogP) is 1.60. The van der Waals surface area contributed by atoms with Gasteiger partial charge in [-0.15, -0.1) is 0 Å². The van der Waals surface area contributed by atoms with E-state index >= 15 is 0 Å². The molecule has 0 saturated carbocycles. The first kappa shape index (κ1) is 13.7. The molecule has 116 valence electrons. The van der Waals surface area contributed by atoms with E-state index in [1.165, 1.54) is 0 Å². The highest BCUT2D eigenvalue weighted by atomic mass is 16.5. The molecule has 4 rings (SSSR count). The Morgan fingerprint density at radius 3 is 2.77 bits per heavy atom. The van der Waals surface area contributed by atoms with Crippen molar-refractivity contribution >= 4 is 17.0 Å². The molecule has 2 aromatic heterocycles. The Balaban J connectivity index is 1.56. The number of nitrogens with zero attached hydrogens (tertiary/aromatic N) is 3. The minimum atomic E-state index is 0.0722. The fraction of sp³-hybridized carbons (Fsp3) is 0.562. The van der Waals surface area contributed by atoms with E-state index in [2.05, 4.69) is 15.5 Å². The molecule has 1 N–H and O–H groups in total. The van der Waals surface area contributed by atoms with Gasteiger partial charge >= 0.3 is 0 Å². The molecule has 0 radical (unpaired) electrons. The van der Waals surface area contributed by atoms with Gasteiger partial charge in [0.2, 0.25) is 0 Å². The molecule has 2 aliphatic rings. The van der Waals surface area contributed by atoms with Crippen LogP contribution in [0, 0.1) is 18.8 Å². The topological polar surface area (TPSA) is 71.3 Å². The van der Waals surface area contributed by atoms with Crippen molar-refractivity contribution in [3.63, 3.8) is 0 Å². The number of pyridine rings is 1. The molecule has 0 bridgehead atoms. The average molecular weight is 300 g/mol. The van der Waals surface area contributed by atoms with Crippen LogP contribution in [-0.2, 0) is 0 Å². The van der Waals surface area contributed by atoms with Crippen LogP contribution in [0.15, 0.2) is 16.8 Å². The lowest BCUT2D eigenvalue weighted by molar-refractivity contribution is 0.0758. The number of aryl methyl sites for hydroxylation is 1. The molecule has 0 aliphatic carbocycles. The van der Waals surface area contributed by atoms with Gasteiger partial charge in [-0.2, -0.15) is 0 Å². The van der Waals surface area contributed by atoms with Crippen LogP contribution >= 0.6 is 0 Å². The third-order valence-corrected chi connectivity index (χ3v) is 5.06. The van der Waals surface area contributed by atoms with E-state index in [1.54, 1.807) is 6.20 Å². The summed E-state index contributed by atoms with van der Waals surface area (Å²) in [6, 6.07) is 1.85. The lowest BCUT2D eigenvalue weighted by Crippen LogP contribution is -2.32. The van der Waals surface area contributed by atoms with E-state index in [0.717, 1.165) is 61.9 Å². The molecule has 4 heterocycles. The molecule has 2 fully saturated rings. The van der Waals surface area contributed by atoms with Gasteiger partial charge in [-0.25, -0.2) is 4.98 Å². The highest BCUT2D eigenvalue weighted by Gasteiger charge is 2.31. The number of likely N-dealkylation sites (tertiary alicyclic amines) is 1. The van der Waals surface area contributed by atoms with Crippen molar-refractivity contribution in [3.05, 3.63) is 23.5 Å². The van der Waals surface area contributed by atoms with E-state index in [1.807, 2.05) is 17.9 Å². The summed E-state index contributed by atoms with van der Waals surface area (Å²) < 4.78 is 5.11. The lowest BCUT2D eigenvalue weighted by atomic mass is 9.92. The summed E-state index contributed by atoms with van der Waals surface area (Å²) in [5.41, 5.74) is 1.89. The minimum Gasteiger partial charge on any atom is -0.339 e. The van der Waals surface area contributed by atoms with Gasteiger partial charge in [-0.05, 0) is 50.8 Å². The van der Waals surface area contributed by atoms with Crippen molar-refractivity contribution in [2.24, 2.45) is 11.8 Å². The zero-order chi connectivity index (χ0) is 15.1. The Morgan fingerprint density at radius 2 is 2.05 bits per heavy atom. The molecule has 0 spiro atoms. The average Bonchev–Trinajstić information content (AvgIpc) is 3.08. The van der Waals surface area contributed by atoms with Crippen LogP contribution in [-0.4, -0.2) is 47.1 Å². The van der Waals surface area contributed by atoms with Crippen LogP contribution in [0.3, 0.4) is 0 Å². The Kier molecular flexibility index (Phi) is 3.33. The van der Waals surface area contributed by atoms with E-state index in [4.69, 9.17) is 4.52 Å². The molecule has 6 heteroatoms. The van der Waals surface area contributed by atoms with Crippen LogP contribution in [0.2, 0.25) is 0 Å². The van der Waals surface area contributed by atoms with Gasteiger partial charge in [0.1, 0.15) is 0 Å². The quantitative estimate of drug-likeness (QED) is 0.866. The number of amides is 1. The minimum absolute atomic E-state index is 0.0722. The second-order valence-electron chi connectivity index (χ2n) is 6.39. The summed E-state index contributed by atoms with van der Waals surface area (Å²) in [6.07, 6.45) is 3.78. The number of fused-ring (bicyclic) bond motifs is 2. The van der Waals surface area contributed by atoms with E-state index in [-0.39, 0.29) is 5.91 Å². The maximum Gasteiger partial charge on any atom is 0.257 e. The largest absolute Gasteiger partial charge is 0.339 e. The molecule has 0 aromatic carbocycles. The van der Waals surface area contributed by atoms with Crippen molar-refractivity contribution < 1.29 is 9.32 Å². The number of hydrogen-bond donors (Lipinski definition) is 1. The van der Waals surface area contributed by atoms with Gasteiger partial charge in [0.05, 0.1) is 16.6 Å². The number of carbonyl (C=O) groups excluding carboxylic acids is 1. The second-order valence-corrected chi connectivity index (χ2v) is 6.39. The first-order chi connectivity index (χ1) is 10.7. The lowest BCUT2D eigenvalue weighted by Gasteiger charge is -2.20. The number of rotatable bonds is 1. The highest BCUT2D eigenvalue weighted by molar-refractivity contribution is 5.97. The van der Waals surface area contributed by atoms with E-state index in [9.17, 15) is 4.79 Å². The third kappa shape index (κ3) is 2.27. The van der Waals surface area contributed by atoms with Crippen LogP contribution in [0.4, 0.5) is 0 Å². The highest BCUT2D eigenvalue weighted by Crippen LogP contribution is 2.28. The smallest absolute Gasteiger partial charge is 0.257 e. The Morgan fingerprint density at radius 1 is 1.32 bits per heavy atom. The molecule has 2 aliphatic heterocycles. The summed E-state index contributed by atoms with van der Waals surface area (Å²) in [7, 11) is 0. The fourth-order valence-corrected chi connectivity index (χ4v) is 3.67. The number of carbonyl (C=O) groups is 1. The fourth-order valence-electron chi connectivity index (χ4n) is 3.67. The Labute approximate surface area is 128 Å². The summed E-state index contributed by atoms with van der Waals surface area (Å²) in [5.74, 6) is 1.51. The predicted molar refractivity (Wildman–Crippen MR) is 81.5 cm³/mol. The summed E-state index contributed by atoms with van der Waals surface area (Å²) in [6.45, 7) is 5.73. The Hall–Kier alpha value is -1.95. The van der Waals surface area contributed by atoms with Crippen molar-refractivity contribution in [1.82, 2.24) is 20.4 Å². The van der Waals surface area contributed by atoms with Crippen LogP contribution in [0.1, 0.15) is 28.9 Å². The zero-order valence-electron chi connectivity index (χ0n) is 12.7. The monoisotopic (exact) mass is 300 g/mol. The van der Waals surface area contributed by atoms with Crippen LogP contribution in [0.5, 0.6) is 0 Å². The molecule has 0 unspecified atom stereocenters. The van der Waals surface area contributed by atoms with Gasteiger partial charge in [0.25, 0.3) is 11.6 Å². The van der Waals surface area contributed by atoms with Crippen molar-refractivity contribution in [1.29, 1.82) is 0 Å². The third-order valence-electron chi connectivity index (χ3n) is 5.06. The maximum absolute atomic E-state index is 12.8. The van der Waals surface area contributed by atoms with Gasteiger partial charge in [-0.3, -0.25) is 4.79 Å². The molecule has 2 saturated heterocycles. The van der Waals surface area contributed by atoms with Crippen molar-refractivity contribution in [2.45, 2.75) is 19.8 Å². The molecule has 6 nitrogen and oxygen atoms in total. The summed E-state index contributed by atoms with van der Waals surface area (Å²) in [5, 5.41) is 8.17. The van der Waals surface area contributed by atoms with Gasteiger partial charge < -0.3 is 14.7 Å². The zero-order valence-corrected chi connectivity index (χ0v) is 12.7. The normalized spacial score (nSPS) is 25.2. The van der Waals surface area contributed by atoms with Crippen molar-refractivity contribution in [3.8, 4) is 0 Å².